The van der Waals surface area contributed by atoms with Crippen molar-refractivity contribution in [2.75, 3.05) is 19.8 Å². The Hall–Kier alpha value is -4.67. The molecule has 12 heteroatoms. The number of phosphoric ester groups is 1. The first kappa shape index (κ1) is 37.6. The molecule has 0 saturated carbocycles. The van der Waals surface area contributed by atoms with Gasteiger partial charge in [-0.05, 0) is 45.9 Å². The molecule has 2 amide bonds. The van der Waals surface area contributed by atoms with Crippen LogP contribution in [0.5, 0.6) is 0 Å². The number of halogens is 2. The summed E-state index contributed by atoms with van der Waals surface area (Å²) in [7, 11) is -4.10. The van der Waals surface area contributed by atoms with E-state index in [1.54, 1.807) is 26.8 Å². The van der Waals surface area contributed by atoms with Crippen molar-refractivity contribution in [1.29, 1.82) is 0 Å². The SMILES string of the molecule is CC(C)(C)[C@H](NC(=O)OCCOP(=O)(OCc1ccccc1)OCc1ccccc1)C(=O)N1CC(c2cc(F)ccc2F)=CC1c1ccccc1. The van der Waals surface area contributed by atoms with Crippen molar-refractivity contribution >= 4 is 25.4 Å². The molecule has 2 atom stereocenters. The fourth-order valence-electron chi connectivity index (χ4n) is 5.50. The van der Waals surface area contributed by atoms with Crippen molar-refractivity contribution in [2.24, 2.45) is 5.41 Å². The molecule has 0 spiro atoms. The van der Waals surface area contributed by atoms with Crippen molar-refractivity contribution in [3.05, 3.63) is 149 Å². The van der Waals surface area contributed by atoms with Crippen LogP contribution in [0.25, 0.3) is 5.57 Å². The number of carbonyl (C=O) groups excluding carboxylic acids is 2. The van der Waals surface area contributed by atoms with E-state index in [-0.39, 0.29) is 38.5 Å². The third-order valence-electron chi connectivity index (χ3n) is 8.14. The average Bonchev–Trinajstić information content (AvgIpc) is 3.58. The summed E-state index contributed by atoms with van der Waals surface area (Å²) >= 11 is 0. The van der Waals surface area contributed by atoms with E-state index in [0.29, 0.717) is 5.57 Å². The van der Waals surface area contributed by atoms with Gasteiger partial charge >= 0.3 is 13.9 Å². The number of amides is 2. The number of nitrogens with zero attached hydrogens (tertiary/aromatic N) is 1. The molecule has 268 valence electrons. The summed E-state index contributed by atoms with van der Waals surface area (Å²) < 4.78 is 64.6. The Morgan fingerprint density at radius 1 is 0.824 bits per heavy atom. The molecule has 1 unspecified atom stereocenters. The predicted octanol–water partition coefficient (Wildman–Crippen LogP) is 8.63. The lowest BCUT2D eigenvalue weighted by molar-refractivity contribution is -0.136. The van der Waals surface area contributed by atoms with Crippen molar-refractivity contribution in [1.82, 2.24) is 10.2 Å². The van der Waals surface area contributed by atoms with Gasteiger partial charge in [-0.25, -0.2) is 18.1 Å². The Balaban J connectivity index is 1.23. The van der Waals surface area contributed by atoms with E-state index < -0.39 is 49.0 Å². The molecule has 5 rings (SSSR count). The third kappa shape index (κ3) is 10.4. The van der Waals surface area contributed by atoms with E-state index in [0.717, 1.165) is 34.9 Å². The van der Waals surface area contributed by atoms with Crippen LogP contribution in [0.1, 0.15) is 49.1 Å². The van der Waals surface area contributed by atoms with E-state index in [1.807, 2.05) is 91.0 Å². The maximum atomic E-state index is 14.8. The van der Waals surface area contributed by atoms with E-state index in [1.165, 1.54) is 4.90 Å². The van der Waals surface area contributed by atoms with Crippen molar-refractivity contribution < 1.29 is 41.2 Å². The maximum absolute atomic E-state index is 14.8. The number of rotatable bonds is 14. The lowest BCUT2D eigenvalue weighted by atomic mass is 9.85. The Bertz CT molecular complexity index is 1810. The fourth-order valence-corrected chi connectivity index (χ4v) is 6.64. The van der Waals surface area contributed by atoms with Crippen LogP contribution in [-0.4, -0.2) is 42.7 Å². The zero-order chi connectivity index (χ0) is 36.4. The van der Waals surface area contributed by atoms with Gasteiger partial charge in [-0.1, -0.05) is 118 Å². The molecule has 1 aliphatic heterocycles. The number of nitrogens with one attached hydrogen (secondary N) is 1. The molecule has 1 heterocycles. The van der Waals surface area contributed by atoms with Gasteiger partial charge in [-0.2, -0.15) is 0 Å². The van der Waals surface area contributed by atoms with Gasteiger partial charge in [-0.15, -0.1) is 0 Å². The first-order valence-corrected chi connectivity index (χ1v) is 17.9. The van der Waals surface area contributed by atoms with Crippen LogP contribution in [0.3, 0.4) is 0 Å². The van der Waals surface area contributed by atoms with Gasteiger partial charge < -0.3 is 15.0 Å². The molecule has 0 aromatic heterocycles. The number of hydrogen-bond acceptors (Lipinski definition) is 7. The number of carbonyl (C=O) groups is 2. The maximum Gasteiger partial charge on any atom is 0.475 e. The molecule has 0 radical (unpaired) electrons. The van der Waals surface area contributed by atoms with Crippen LogP contribution in [0, 0.1) is 17.0 Å². The molecule has 1 aliphatic rings. The highest BCUT2D eigenvalue weighted by Crippen LogP contribution is 2.51. The van der Waals surface area contributed by atoms with Crippen LogP contribution in [0.4, 0.5) is 13.6 Å². The number of benzene rings is 4. The highest BCUT2D eigenvalue weighted by molar-refractivity contribution is 7.48. The van der Waals surface area contributed by atoms with Crippen LogP contribution in [-0.2, 0) is 40.9 Å². The lowest BCUT2D eigenvalue weighted by Gasteiger charge is -2.35. The first-order chi connectivity index (χ1) is 24.4. The molecule has 4 aromatic rings. The summed E-state index contributed by atoms with van der Waals surface area (Å²) in [5, 5.41) is 2.68. The summed E-state index contributed by atoms with van der Waals surface area (Å²) in [5.41, 5.74) is 1.99. The second-order valence-electron chi connectivity index (χ2n) is 13.0. The Labute approximate surface area is 296 Å². The number of phosphoric acid groups is 1. The molecule has 51 heavy (non-hydrogen) atoms. The highest BCUT2D eigenvalue weighted by Gasteiger charge is 2.41. The Morgan fingerprint density at radius 3 is 1.96 bits per heavy atom. The molecule has 0 aliphatic carbocycles. The fraction of sp³-hybridized carbons (Fsp3) is 0.282. The van der Waals surface area contributed by atoms with E-state index >= 15 is 0 Å². The summed E-state index contributed by atoms with van der Waals surface area (Å²) in [5.74, 6) is -1.66. The average molecular weight is 719 g/mol. The van der Waals surface area contributed by atoms with Gasteiger partial charge in [-0.3, -0.25) is 18.4 Å². The number of hydrogen-bond donors (Lipinski definition) is 1. The Kier molecular flexibility index (Phi) is 12.5. The van der Waals surface area contributed by atoms with Gasteiger partial charge in [0.1, 0.15) is 24.3 Å². The lowest BCUT2D eigenvalue weighted by Crippen LogP contribution is -2.55. The van der Waals surface area contributed by atoms with Crippen LogP contribution < -0.4 is 5.32 Å². The van der Waals surface area contributed by atoms with Crippen LogP contribution >= 0.6 is 7.82 Å². The van der Waals surface area contributed by atoms with Crippen LogP contribution in [0.15, 0.2) is 115 Å². The summed E-state index contributed by atoms with van der Waals surface area (Å²) in [6.07, 6.45) is 0.829. The van der Waals surface area contributed by atoms with Gasteiger partial charge in [0.25, 0.3) is 0 Å². The third-order valence-corrected chi connectivity index (χ3v) is 9.53. The minimum Gasteiger partial charge on any atom is -0.447 e. The molecular weight excluding hydrogens is 677 g/mol. The zero-order valence-electron chi connectivity index (χ0n) is 28.7. The van der Waals surface area contributed by atoms with E-state index in [2.05, 4.69) is 5.32 Å². The largest absolute Gasteiger partial charge is 0.475 e. The highest BCUT2D eigenvalue weighted by atomic mass is 31.2. The number of ether oxygens (including phenoxy) is 1. The first-order valence-electron chi connectivity index (χ1n) is 16.5. The molecule has 0 bridgehead atoms. The van der Waals surface area contributed by atoms with Crippen LogP contribution in [0.2, 0.25) is 0 Å². The molecule has 1 N–H and O–H groups in total. The molecular formula is C39H41F2N2O7P. The predicted molar refractivity (Wildman–Crippen MR) is 189 cm³/mol. The minimum absolute atomic E-state index is 0.0167. The minimum atomic E-state index is -4.10. The summed E-state index contributed by atoms with van der Waals surface area (Å²) in [4.78, 5) is 28.9. The van der Waals surface area contributed by atoms with Gasteiger partial charge in [0.15, 0.2) is 0 Å². The molecule has 0 fully saturated rings. The summed E-state index contributed by atoms with van der Waals surface area (Å²) in [6, 6.07) is 28.9. The second-order valence-corrected chi connectivity index (χ2v) is 14.7. The molecule has 9 nitrogen and oxygen atoms in total. The quantitative estimate of drug-likeness (QED) is 0.103. The second kappa shape index (κ2) is 17.0. The normalized spacial score (nSPS) is 15.3. The molecule has 4 aromatic carbocycles. The van der Waals surface area contributed by atoms with Crippen molar-refractivity contribution in [3.8, 4) is 0 Å². The van der Waals surface area contributed by atoms with E-state index in [9.17, 15) is 22.9 Å². The number of alkyl carbamates (subject to hydrolysis) is 1. The van der Waals surface area contributed by atoms with Gasteiger partial charge in [0, 0.05) is 12.1 Å². The van der Waals surface area contributed by atoms with Crippen molar-refractivity contribution in [3.63, 3.8) is 0 Å². The monoisotopic (exact) mass is 718 g/mol. The summed E-state index contributed by atoms with van der Waals surface area (Å²) in [6.45, 7) is 4.63. The zero-order valence-corrected chi connectivity index (χ0v) is 29.6. The Morgan fingerprint density at radius 2 is 1.39 bits per heavy atom. The topological polar surface area (TPSA) is 103 Å². The van der Waals surface area contributed by atoms with Crippen molar-refractivity contribution in [2.45, 2.75) is 46.1 Å². The standard InChI is InChI=1S/C39H41F2N2O7P/c1-39(2,3)36(37(44)43-25-31(33-24-32(40)19-20-34(33)41)23-35(43)30-17-11-6-12-18-30)42-38(45)47-21-22-48-51(46,49-26-28-13-7-4-8-14-28)50-27-29-15-9-5-10-16-29/h4-20,23-24,35-36H,21-22,25-27H2,1-3H3,(H,42,45)/t35?,36-/m1/s1. The van der Waals surface area contributed by atoms with E-state index in [4.69, 9.17) is 18.3 Å². The molecule has 0 saturated heterocycles. The smallest absolute Gasteiger partial charge is 0.447 e. The van der Waals surface area contributed by atoms with Gasteiger partial charge in [0.05, 0.1) is 25.9 Å². The van der Waals surface area contributed by atoms with Gasteiger partial charge in [0.2, 0.25) is 5.91 Å².